The second-order valence-corrected chi connectivity index (χ2v) is 6.62. The summed E-state index contributed by atoms with van der Waals surface area (Å²) in [6.45, 7) is 1.91. The molecule has 114 valence electrons. The van der Waals surface area contributed by atoms with Crippen LogP contribution in [0.1, 0.15) is 41.9 Å². The first-order valence-corrected chi connectivity index (χ1v) is 7.81. The van der Waals surface area contributed by atoms with Crippen molar-refractivity contribution in [3.8, 4) is 0 Å². The molecule has 0 aliphatic heterocycles. The second kappa shape index (κ2) is 6.12. The molecular weight excluding hydrogens is 264 g/mol. The van der Waals surface area contributed by atoms with Gasteiger partial charge in [-0.05, 0) is 56.2 Å². The van der Waals surface area contributed by atoms with Gasteiger partial charge in [0.15, 0.2) is 0 Å². The van der Waals surface area contributed by atoms with Crippen molar-refractivity contribution in [1.82, 2.24) is 15.3 Å². The molecule has 5 heteroatoms. The quantitative estimate of drug-likeness (QED) is 0.490. The van der Waals surface area contributed by atoms with Crippen molar-refractivity contribution in [2.45, 2.75) is 32.2 Å². The Morgan fingerprint density at radius 2 is 2.29 bits per heavy atom. The van der Waals surface area contributed by atoms with Gasteiger partial charge in [0, 0.05) is 13.1 Å². The van der Waals surface area contributed by atoms with Crippen molar-refractivity contribution < 1.29 is 4.79 Å². The number of hydrazine groups is 1. The average Bonchev–Trinajstić information content (AvgIpc) is 3.09. The van der Waals surface area contributed by atoms with Crippen LogP contribution in [0.3, 0.4) is 0 Å². The Morgan fingerprint density at radius 3 is 2.95 bits per heavy atom. The molecule has 1 amide bonds. The number of hydrogen-bond donors (Lipinski definition) is 2. The lowest BCUT2D eigenvalue weighted by atomic mass is 9.88. The van der Waals surface area contributed by atoms with Gasteiger partial charge in [-0.15, -0.1) is 0 Å². The number of carbonyl (C=O) groups is 1. The van der Waals surface area contributed by atoms with Gasteiger partial charge < -0.3 is 4.90 Å². The molecule has 0 spiro atoms. The normalized spacial score (nSPS) is 27.3. The molecule has 1 aromatic heterocycles. The first kappa shape index (κ1) is 14.5. The number of nitrogens with zero attached hydrogens (tertiary/aromatic N) is 2. The topological polar surface area (TPSA) is 71.2 Å². The Hall–Kier alpha value is -1.46. The maximum Gasteiger partial charge on any atom is 0.283 e. The highest BCUT2D eigenvalue weighted by molar-refractivity contribution is 5.91. The van der Waals surface area contributed by atoms with Gasteiger partial charge in [-0.1, -0.05) is 12.5 Å². The molecule has 3 N–H and O–H groups in total. The van der Waals surface area contributed by atoms with Gasteiger partial charge in [0.25, 0.3) is 5.91 Å². The van der Waals surface area contributed by atoms with E-state index in [0.29, 0.717) is 5.69 Å². The molecule has 2 bridgehead atoms. The van der Waals surface area contributed by atoms with Crippen LogP contribution in [0, 0.1) is 17.8 Å². The number of nitrogens with two attached hydrogens (primary N) is 1. The predicted octanol–water partition coefficient (Wildman–Crippen LogP) is 1.55. The summed E-state index contributed by atoms with van der Waals surface area (Å²) in [5, 5.41) is 0. The largest absolute Gasteiger partial charge is 0.300 e. The van der Waals surface area contributed by atoms with Crippen molar-refractivity contribution >= 4 is 5.91 Å². The average molecular weight is 288 g/mol. The molecule has 2 aliphatic rings. The van der Waals surface area contributed by atoms with Crippen LogP contribution >= 0.6 is 0 Å². The third kappa shape index (κ3) is 3.24. The Bertz CT molecular complexity index is 519. The number of pyridine rings is 1. The molecule has 1 aromatic rings. The predicted molar refractivity (Wildman–Crippen MR) is 81.2 cm³/mol. The Balaban J connectivity index is 1.57. The van der Waals surface area contributed by atoms with E-state index in [2.05, 4.69) is 22.4 Å². The third-order valence-corrected chi connectivity index (χ3v) is 5.03. The van der Waals surface area contributed by atoms with E-state index < -0.39 is 0 Å². The molecule has 3 rings (SSSR count). The smallest absolute Gasteiger partial charge is 0.283 e. The van der Waals surface area contributed by atoms with Crippen LogP contribution in [-0.4, -0.2) is 29.4 Å². The van der Waals surface area contributed by atoms with E-state index >= 15 is 0 Å². The highest BCUT2D eigenvalue weighted by atomic mass is 16.2. The van der Waals surface area contributed by atoms with Crippen molar-refractivity contribution in [2.24, 2.45) is 23.6 Å². The van der Waals surface area contributed by atoms with Crippen molar-refractivity contribution in [2.75, 3.05) is 13.6 Å². The van der Waals surface area contributed by atoms with E-state index in [-0.39, 0.29) is 5.91 Å². The number of nitrogen functional groups attached to an aromatic ring is 1. The lowest BCUT2D eigenvalue weighted by Crippen LogP contribution is -2.31. The summed E-state index contributed by atoms with van der Waals surface area (Å²) < 4.78 is 0. The number of hydrogen-bond acceptors (Lipinski definition) is 4. The summed E-state index contributed by atoms with van der Waals surface area (Å²) >= 11 is 0. The SMILES string of the molecule is CN(Cc1cccc(C(=O)NN)n1)CC1CC2CCC1C2. The van der Waals surface area contributed by atoms with Crippen LogP contribution in [0.15, 0.2) is 18.2 Å². The summed E-state index contributed by atoms with van der Waals surface area (Å²) in [4.78, 5) is 18.2. The standard InChI is InChI=1S/C16H24N4O/c1-20(9-13-8-11-5-6-12(13)7-11)10-14-3-2-4-15(18-14)16(21)19-17/h2-4,11-13H,5-10,17H2,1H3,(H,19,21). The molecule has 2 saturated carbocycles. The molecule has 21 heavy (non-hydrogen) atoms. The van der Waals surface area contributed by atoms with E-state index in [1.165, 1.54) is 25.7 Å². The van der Waals surface area contributed by atoms with Gasteiger partial charge >= 0.3 is 0 Å². The molecule has 2 fully saturated rings. The number of rotatable bonds is 5. The third-order valence-electron chi connectivity index (χ3n) is 5.03. The summed E-state index contributed by atoms with van der Waals surface area (Å²) in [6, 6.07) is 5.50. The van der Waals surface area contributed by atoms with Gasteiger partial charge in [0.1, 0.15) is 5.69 Å². The lowest BCUT2D eigenvalue weighted by molar-refractivity contribution is 0.0948. The fourth-order valence-electron chi connectivity index (χ4n) is 4.11. The molecular formula is C16H24N4O. The summed E-state index contributed by atoms with van der Waals surface area (Å²) in [6.07, 6.45) is 5.72. The number of fused-ring (bicyclic) bond motifs is 2. The minimum Gasteiger partial charge on any atom is -0.300 e. The maximum absolute atomic E-state index is 11.5. The highest BCUT2D eigenvalue weighted by Crippen LogP contribution is 2.48. The van der Waals surface area contributed by atoms with Gasteiger partial charge in [-0.3, -0.25) is 10.2 Å². The zero-order chi connectivity index (χ0) is 14.8. The monoisotopic (exact) mass is 288 g/mol. The minimum absolute atomic E-state index is 0.340. The lowest BCUT2D eigenvalue weighted by Gasteiger charge is -2.27. The van der Waals surface area contributed by atoms with E-state index in [1.807, 2.05) is 12.1 Å². The van der Waals surface area contributed by atoms with Gasteiger partial charge in [-0.25, -0.2) is 10.8 Å². The zero-order valence-electron chi connectivity index (χ0n) is 12.6. The fourth-order valence-corrected chi connectivity index (χ4v) is 4.11. The Labute approximate surface area is 125 Å². The van der Waals surface area contributed by atoms with Crippen LogP contribution in [0.25, 0.3) is 0 Å². The van der Waals surface area contributed by atoms with Crippen LogP contribution in [-0.2, 0) is 6.54 Å². The van der Waals surface area contributed by atoms with E-state index in [4.69, 9.17) is 5.84 Å². The van der Waals surface area contributed by atoms with Crippen molar-refractivity contribution in [3.63, 3.8) is 0 Å². The fraction of sp³-hybridized carbons (Fsp3) is 0.625. The molecule has 3 unspecified atom stereocenters. The second-order valence-electron chi connectivity index (χ2n) is 6.62. The number of nitrogens with one attached hydrogen (secondary N) is 1. The molecule has 2 aliphatic carbocycles. The molecule has 0 aromatic carbocycles. The van der Waals surface area contributed by atoms with E-state index in [9.17, 15) is 4.79 Å². The summed E-state index contributed by atoms with van der Waals surface area (Å²) in [7, 11) is 2.14. The Morgan fingerprint density at radius 1 is 1.43 bits per heavy atom. The zero-order valence-corrected chi connectivity index (χ0v) is 12.6. The number of carbonyl (C=O) groups excluding carboxylic acids is 1. The number of aromatic nitrogens is 1. The van der Waals surface area contributed by atoms with Gasteiger partial charge in [-0.2, -0.15) is 0 Å². The van der Waals surface area contributed by atoms with Crippen LogP contribution < -0.4 is 11.3 Å². The van der Waals surface area contributed by atoms with E-state index in [1.54, 1.807) is 6.07 Å². The van der Waals surface area contributed by atoms with E-state index in [0.717, 1.165) is 36.5 Å². The van der Waals surface area contributed by atoms with Gasteiger partial charge in [0.05, 0.1) is 5.69 Å². The Kier molecular flexibility index (Phi) is 4.22. The first-order valence-electron chi connectivity index (χ1n) is 7.81. The first-order chi connectivity index (χ1) is 10.2. The van der Waals surface area contributed by atoms with Gasteiger partial charge in [0.2, 0.25) is 0 Å². The highest BCUT2D eigenvalue weighted by Gasteiger charge is 2.39. The summed E-state index contributed by atoms with van der Waals surface area (Å²) in [5.74, 6) is 7.59. The summed E-state index contributed by atoms with van der Waals surface area (Å²) in [5.41, 5.74) is 3.42. The maximum atomic E-state index is 11.5. The van der Waals surface area contributed by atoms with Crippen molar-refractivity contribution in [1.29, 1.82) is 0 Å². The minimum atomic E-state index is -0.340. The van der Waals surface area contributed by atoms with Crippen LogP contribution in [0.2, 0.25) is 0 Å². The molecule has 0 radical (unpaired) electrons. The molecule has 1 heterocycles. The molecule has 0 saturated heterocycles. The molecule has 5 nitrogen and oxygen atoms in total. The molecule has 3 atom stereocenters. The van der Waals surface area contributed by atoms with Crippen molar-refractivity contribution in [3.05, 3.63) is 29.6 Å². The van der Waals surface area contributed by atoms with Crippen LogP contribution in [0.4, 0.5) is 0 Å². The van der Waals surface area contributed by atoms with Crippen LogP contribution in [0.5, 0.6) is 0 Å². The number of amides is 1.